The van der Waals surface area contributed by atoms with Gasteiger partial charge in [-0.3, -0.25) is 0 Å². The van der Waals surface area contributed by atoms with Gasteiger partial charge in [0.05, 0.1) is 0 Å². The molecule has 0 aliphatic rings. The molecule has 1 N–H and O–H groups in total. The van der Waals surface area contributed by atoms with Crippen LogP contribution in [0, 0.1) is 0 Å². The summed E-state index contributed by atoms with van der Waals surface area (Å²) in [6.07, 6.45) is 1.48. The van der Waals surface area contributed by atoms with Crippen LogP contribution in [0.3, 0.4) is 0 Å². The second kappa shape index (κ2) is 6.21. The van der Waals surface area contributed by atoms with Crippen molar-refractivity contribution in [3.8, 4) is 5.88 Å². The molecule has 2 rings (SSSR count). The highest BCUT2D eigenvalue weighted by atomic mass is 35.5. The summed E-state index contributed by atoms with van der Waals surface area (Å²) in [6.45, 7) is 3.28. The van der Waals surface area contributed by atoms with Crippen LogP contribution in [0.25, 0.3) is 0 Å². The maximum Gasteiger partial charge on any atom is 0.218 e. The second-order valence-corrected chi connectivity index (χ2v) is 4.12. The number of aromatic nitrogens is 2. The van der Waals surface area contributed by atoms with Crippen molar-refractivity contribution in [2.75, 3.05) is 11.9 Å². The molecule has 1 aromatic carbocycles. The third kappa shape index (κ3) is 3.60. The number of rotatable bonds is 5. The van der Waals surface area contributed by atoms with Gasteiger partial charge in [0, 0.05) is 17.6 Å². The summed E-state index contributed by atoms with van der Waals surface area (Å²) >= 11 is 5.81. The molecule has 0 aliphatic carbocycles. The van der Waals surface area contributed by atoms with Gasteiger partial charge in [-0.25, -0.2) is 9.97 Å². The van der Waals surface area contributed by atoms with Crippen LogP contribution in [0.4, 0.5) is 5.82 Å². The van der Waals surface area contributed by atoms with Crippen LogP contribution in [0.1, 0.15) is 12.5 Å². The minimum atomic E-state index is 0.458. The zero-order valence-corrected chi connectivity index (χ0v) is 10.8. The van der Waals surface area contributed by atoms with E-state index in [1.807, 2.05) is 31.2 Å². The summed E-state index contributed by atoms with van der Waals surface area (Å²) in [7, 11) is 0. The van der Waals surface area contributed by atoms with Gasteiger partial charge in [0.2, 0.25) is 5.88 Å². The molecule has 0 atom stereocenters. The van der Waals surface area contributed by atoms with Crippen LogP contribution < -0.4 is 10.1 Å². The van der Waals surface area contributed by atoms with Crippen LogP contribution in [0.15, 0.2) is 36.7 Å². The number of anilines is 1. The van der Waals surface area contributed by atoms with Gasteiger partial charge in [-0.15, -0.1) is 0 Å². The Morgan fingerprint density at radius 2 is 2.00 bits per heavy atom. The molecular formula is C13H14ClN3O. The van der Waals surface area contributed by atoms with Crippen molar-refractivity contribution < 1.29 is 4.74 Å². The van der Waals surface area contributed by atoms with Crippen molar-refractivity contribution in [2.24, 2.45) is 0 Å². The summed E-state index contributed by atoms with van der Waals surface area (Å²) in [6, 6.07) is 9.30. The summed E-state index contributed by atoms with van der Waals surface area (Å²) in [5, 5.41) is 3.82. The van der Waals surface area contributed by atoms with Crippen molar-refractivity contribution in [1.82, 2.24) is 9.97 Å². The van der Waals surface area contributed by atoms with Crippen molar-refractivity contribution in [3.63, 3.8) is 0 Å². The monoisotopic (exact) mass is 263 g/mol. The number of halogens is 1. The summed E-state index contributed by atoms with van der Waals surface area (Å²) in [5.41, 5.74) is 1.04. The van der Waals surface area contributed by atoms with Gasteiger partial charge >= 0.3 is 0 Å². The molecule has 0 fully saturated rings. The largest absolute Gasteiger partial charge is 0.473 e. The number of hydrogen-bond acceptors (Lipinski definition) is 4. The first kappa shape index (κ1) is 12.6. The first-order valence-electron chi connectivity index (χ1n) is 5.71. The number of nitrogens with zero attached hydrogens (tertiary/aromatic N) is 2. The Hall–Kier alpha value is -1.81. The quantitative estimate of drug-likeness (QED) is 0.900. The third-order valence-corrected chi connectivity index (χ3v) is 2.55. The van der Waals surface area contributed by atoms with Gasteiger partial charge in [-0.2, -0.15) is 0 Å². The van der Waals surface area contributed by atoms with Crippen molar-refractivity contribution >= 4 is 17.4 Å². The Morgan fingerprint density at radius 1 is 1.22 bits per heavy atom. The number of nitrogens with one attached hydrogen (secondary N) is 1. The highest BCUT2D eigenvalue weighted by molar-refractivity contribution is 6.30. The second-order valence-electron chi connectivity index (χ2n) is 3.69. The lowest BCUT2D eigenvalue weighted by molar-refractivity contribution is 0.293. The van der Waals surface area contributed by atoms with Gasteiger partial charge in [0.1, 0.15) is 18.8 Å². The molecule has 2 aromatic rings. The number of hydrogen-bond donors (Lipinski definition) is 1. The van der Waals surface area contributed by atoms with Gasteiger partial charge in [-0.1, -0.05) is 23.7 Å². The molecule has 0 saturated carbocycles. The van der Waals surface area contributed by atoms with Gasteiger partial charge < -0.3 is 10.1 Å². The average molecular weight is 264 g/mol. The number of benzene rings is 1. The van der Waals surface area contributed by atoms with E-state index in [1.165, 1.54) is 6.33 Å². The van der Waals surface area contributed by atoms with E-state index >= 15 is 0 Å². The van der Waals surface area contributed by atoms with Crippen LogP contribution in [-0.2, 0) is 6.61 Å². The lowest BCUT2D eigenvalue weighted by atomic mass is 10.2. The van der Waals surface area contributed by atoms with E-state index < -0.39 is 0 Å². The molecule has 0 amide bonds. The van der Waals surface area contributed by atoms with Crippen LogP contribution in [0.2, 0.25) is 5.02 Å². The van der Waals surface area contributed by atoms with E-state index in [-0.39, 0.29) is 0 Å². The van der Waals surface area contributed by atoms with Crippen LogP contribution in [0.5, 0.6) is 5.88 Å². The Kier molecular flexibility index (Phi) is 4.36. The third-order valence-electron chi connectivity index (χ3n) is 2.30. The normalized spacial score (nSPS) is 10.1. The van der Waals surface area contributed by atoms with E-state index in [4.69, 9.17) is 16.3 Å². The van der Waals surface area contributed by atoms with E-state index in [0.29, 0.717) is 12.5 Å². The lowest BCUT2D eigenvalue weighted by Crippen LogP contribution is -2.02. The zero-order chi connectivity index (χ0) is 12.8. The summed E-state index contributed by atoms with van der Waals surface area (Å²) < 4.78 is 5.58. The fourth-order valence-electron chi connectivity index (χ4n) is 1.43. The lowest BCUT2D eigenvalue weighted by Gasteiger charge is -2.07. The van der Waals surface area contributed by atoms with Crippen molar-refractivity contribution in [1.29, 1.82) is 0 Å². The Morgan fingerprint density at radius 3 is 2.72 bits per heavy atom. The molecule has 94 valence electrons. The molecule has 5 heteroatoms. The molecule has 0 aliphatic heterocycles. The first-order chi connectivity index (χ1) is 8.78. The molecule has 0 spiro atoms. The maximum absolute atomic E-state index is 5.81. The first-order valence-corrected chi connectivity index (χ1v) is 6.09. The van der Waals surface area contributed by atoms with E-state index in [2.05, 4.69) is 15.3 Å². The summed E-state index contributed by atoms with van der Waals surface area (Å²) in [4.78, 5) is 8.13. The Balaban J connectivity index is 1.97. The standard InChI is InChI=1S/C13H14ClN3O/c1-2-15-12-7-13(17-9-16-12)18-8-10-3-5-11(14)6-4-10/h3-7,9H,2,8H2,1H3,(H,15,16,17). The molecule has 0 unspecified atom stereocenters. The van der Waals surface area contributed by atoms with Crippen LogP contribution in [-0.4, -0.2) is 16.5 Å². The fourth-order valence-corrected chi connectivity index (χ4v) is 1.56. The average Bonchev–Trinajstić information content (AvgIpc) is 2.39. The molecule has 1 heterocycles. The topological polar surface area (TPSA) is 47.0 Å². The molecule has 4 nitrogen and oxygen atoms in total. The highest BCUT2D eigenvalue weighted by Gasteiger charge is 2.00. The van der Waals surface area contributed by atoms with Gasteiger partial charge in [-0.05, 0) is 24.6 Å². The number of ether oxygens (including phenoxy) is 1. The fraction of sp³-hybridized carbons (Fsp3) is 0.231. The smallest absolute Gasteiger partial charge is 0.218 e. The molecule has 18 heavy (non-hydrogen) atoms. The maximum atomic E-state index is 5.81. The summed E-state index contributed by atoms with van der Waals surface area (Å²) in [5.74, 6) is 1.31. The minimum absolute atomic E-state index is 0.458. The zero-order valence-electron chi connectivity index (χ0n) is 10.1. The predicted octanol–water partition coefficient (Wildman–Crippen LogP) is 3.14. The SMILES string of the molecule is CCNc1cc(OCc2ccc(Cl)cc2)ncn1. The molecule has 0 radical (unpaired) electrons. The molecule has 1 aromatic heterocycles. The Bertz CT molecular complexity index is 502. The predicted molar refractivity (Wildman–Crippen MR) is 72.0 cm³/mol. The minimum Gasteiger partial charge on any atom is -0.473 e. The van der Waals surface area contributed by atoms with E-state index in [1.54, 1.807) is 6.07 Å². The van der Waals surface area contributed by atoms with E-state index in [9.17, 15) is 0 Å². The molecule has 0 bridgehead atoms. The van der Waals surface area contributed by atoms with Gasteiger partial charge in [0.15, 0.2) is 0 Å². The van der Waals surface area contributed by atoms with Crippen LogP contribution >= 0.6 is 11.6 Å². The highest BCUT2D eigenvalue weighted by Crippen LogP contribution is 2.14. The van der Waals surface area contributed by atoms with Crippen molar-refractivity contribution in [2.45, 2.75) is 13.5 Å². The van der Waals surface area contributed by atoms with E-state index in [0.717, 1.165) is 22.9 Å². The molecule has 0 saturated heterocycles. The van der Waals surface area contributed by atoms with Crippen molar-refractivity contribution in [3.05, 3.63) is 47.2 Å². The molecular weight excluding hydrogens is 250 g/mol. The Labute approximate surface area is 111 Å². The van der Waals surface area contributed by atoms with Gasteiger partial charge in [0.25, 0.3) is 0 Å².